The van der Waals surface area contributed by atoms with Crippen LogP contribution >= 0.6 is 0 Å². The maximum absolute atomic E-state index is 13.0. The molecular weight excluding hydrogens is 307 g/mol. The predicted octanol–water partition coefficient (Wildman–Crippen LogP) is 3.51. The molecule has 2 amide bonds. The molecular formula is C19H29FN2O2. The monoisotopic (exact) mass is 336 g/mol. The van der Waals surface area contributed by atoms with Gasteiger partial charge in [0.25, 0.3) is 0 Å². The molecule has 1 fully saturated rings. The van der Waals surface area contributed by atoms with Crippen molar-refractivity contribution in [2.75, 3.05) is 26.2 Å². The Hall–Kier alpha value is -1.62. The van der Waals surface area contributed by atoms with Crippen LogP contribution < -0.4 is 5.32 Å². The highest BCUT2D eigenvalue weighted by Crippen LogP contribution is 2.28. The zero-order valence-electron chi connectivity index (χ0n) is 14.7. The van der Waals surface area contributed by atoms with Crippen LogP contribution in [0.5, 0.6) is 0 Å². The van der Waals surface area contributed by atoms with Crippen molar-refractivity contribution < 1.29 is 14.3 Å². The van der Waals surface area contributed by atoms with E-state index in [1.54, 1.807) is 0 Å². The molecule has 134 valence electrons. The van der Waals surface area contributed by atoms with Gasteiger partial charge in [0.05, 0.1) is 0 Å². The van der Waals surface area contributed by atoms with E-state index in [-0.39, 0.29) is 23.9 Å². The molecule has 2 N–H and O–H groups in total. The first-order valence-electron chi connectivity index (χ1n) is 8.80. The lowest BCUT2D eigenvalue weighted by Gasteiger charge is -2.32. The van der Waals surface area contributed by atoms with Gasteiger partial charge in [0, 0.05) is 26.2 Å². The molecule has 4 nitrogen and oxygen atoms in total. The maximum Gasteiger partial charge on any atom is 0.317 e. The fourth-order valence-electron chi connectivity index (χ4n) is 3.10. The molecule has 0 atom stereocenters. The molecule has 1 heterocycles. The second-order valence-corrected chi connectivity index (χ2v) is 7.47. The van der Waals surface area contributed by atoms with Crippen molar-refractivity contribution in [1.29, 1.82) is 0 Å². The van der Waals surface area contributed by atoms with Crippen molar-refractivity contribution in [1.82, 2.24) is 10.2 Å². The van der Waals surface area contributed by atoms with Crippen LogP contribution in [0, 0.1) is 11.2 Å². The largest absolute Gasteiger partial charge is 0.396 e. The molecule has 5 heteroatoms. The normalized spacial score (nSPS) is 16.2. The van der Waals surface area contributed by atoms with Crippen LogP contribution in [0.3, 0.4) is 0 Å². The van der Waals surface area contributed by atoms with E-state index in [2.05, 4.69) is 5.32 Å². The number of rotatable bonds is 6. The first kappa shape index (κ1) is 18.7. The van der Waals surface area contributed by atoms with Gasteiger partial charge in [-0.2, -0.15) is 0 Å². The highest BCUT2D eigenvalue weighted by Gasteiger charge is 2.23. The molecule has 1 saturated heterocycles. The van der Waals surface area contributed by atoms with Crippen LogP contribution in [-0.2, 0) is 0 Å². The zero-order chi connectivity index (χ0) is 17.6. The van der Waals surface area contributed by atoms with Gasteiger partial charge >= 0.3 is 6.03 Å². The third kappa shape index (κ3) is 5.48. The summed E-state index contributed by atoms with van der Waals surface area (Å²) < 4.78 is 13.0. The summed E-state index contributed by atoms with van der Waals surface area (Å²) >= 11 is 0. The molecule has 0 spiro atoms. The molecule has 24 heavy (non-hydrogen) atoms. The number of urea groups is 1. The van der Waals surface area contributed by atoms with Gasteiger partial charge in [0.1, 0.15) is 5.82 Å². The Kier molecular flexibility index (Phi) is 6.60. The SMILES string of the molecule is CC(C)(CO)CCCNC(=O)N1CCC(c2ccc(F)cc2)CC1. The summed E-state index contributed by atoms with van der Waals surface area (Å²) in [7, 11) is 0. The number of likely N-dealkylation sites (tertiary alicyclic amines) is 1. The second-order valence-electron chi connectivity index (χ2n) is 7.47. The van der Waals surface area contributed by atoms with Crippen molar-refractivity contribution in [2.45, 2.75) is 45.4 Å². The Morgan fingerprint density at radius 1 is 1.29 bits per heavy atom. The Morgan fingerprint density at radius 2 is 1.92 bits per heavy atom. The molecule has 0 unspecified atom stereocenters. The quantitative estimate of drug-likeness (QED) is 0.781. The van der Waals surface area contributed by atoms with Crippen LogP contribution in [0.25, 0.3) is 0 Å². The number of aliphatic hydroxyl groups excluding tert-OH is 1. The van der Waals surface area contributed by atoms with Gasteiger partial charge in [0.2, 0.25) is 0 Å². The second kappa shape index (κ2) is 8.47. The molecule has 1 aromatic carbocycles. The number of hydrogen-bond donors (Lipinski definition) is 2. The number of piperidine rings is 1. The fourth-order valence-corrected chi connectivity index (χ4v) is 3.10. The lowest BCUT2D eigenvalue weighted by atomic mass is 9.89. The standard InChI is InChI=1S/C19H29FN2O2/c1-19(2,14-23)10-3-11-21-18(24)22-12-8-16(9-13-22)15-4-6-17(20)7-5-15/h4-7,16,23H,3,8-14H2,1-2H3,(H,21,24). The van der Waals surface area contributed by atoms with Gasteiger partial charge in [-0.05, 0) is 54.7 Å². The van der Waals surface area contributed by atoms with Crippen molar-refractivity contribution >= 4 is 6.03 Å². The Bertz CT molecular complexity index is 523. The Morgan fingerprint density at radius 3 is 2.50 bits per heavy atom. The molecule has 0 aromatic heterocycles. The van der Waals surface area contributed by atoms with E-state index in [0.717, 1.165) is 44.3 Å². The zero-order valence-corrected chi connectivity index (χ0v) is 14.7. The molecule has 0 radical (unpaired) electrons. The first-order chi connectivity index (χ1) is 11.4. The summed E-state index contributed by atoms with van der Waals surface area (Å²) in [6.45, 7) is 6.31. The summed E-state index contributed by atoms with van der Waals surface area (Å²) in [5.41, 5.74) is 1.07. The van der Waals surface area contributed by atoms with Gasteiger partial charge in [0.15, 0.2) is 0 Å². The smallest absolute Gasteiger partial charge is 0.317 e. The summed E-state index contributed by atoms with van der Waals surface area (Å²) in [6, 6.07) is 6.69. The minimum atomic E-state index is -0.208. The molecule has 1 aliphatic heterocycles. The average Bonchev–Trinajstić information content (AvgIpc) is 2.59. The number of nitrogens with zero attached hydrogens (tertiary/aromatic N) is 1. The van der Waals surface area contributed by atoms with E-state index < -0.39 is 0 Å². The van der Waals surface area contributed by atoms with Gasteiger partial charge in [-0.15, -0.1) is 0 Å². The van der Waals surface area contributed by atoms with Crippen LogP contribution in [0.15, 0.2) is 24.3 Å². The lowest BCUT2D eigenvalue weighted by Crippen LogP contribution is -2.44. The summed E-state index contributed by atoms with van der Waals surface area (Å²) in [6.07, 6.45) is 3.58. The van der Waals surface area contributed by atoms with Crippen LogP contribution in [0.1, 0.15) is 51.0 Å². The van der Waals surface area contributed by atoms with Crippen molar-refractivity contribution in [3.8, 4) is 0 Å². The number of benzene rings is 1. The van der Waals surface area contributed by atoms with Crippen molar-refractivity contribution in [3.63, 3.8) is 0 Å². The van der Waals surface area contributed by atoms with Crippen molar-refractivity contribution in [3.05, 3.63) is 35.6 Å². The van der Waals surface area contributed by atoms with Crippen LogP contribution in [0.2, 0.25) is 0 Å². The average molecular weight is 336 g/mol. The summed E-state index contributed by atoms with van der Waals surface area (Å²) in [5.74, 6) is 0.194. The van der Waals surface area contributed by atoms with Crippen molar-refractivity contribution in [2.24, 2.45) is 5.41 Å². The predicted molar refractivity (Wildman–Crippen MR) is 93.4 cm³/mol. The first-order valence-corrected chi connectivity index (χ1v) is 8.80. The van der Waals surface area contributed by atoms with Gasteiger partial charge in [-0.3, -0.25) is 0 Å². The van der Waals surface area contributed by atoms with Gasteiger partial charge in [-0.25, -0.2) is 9.18 Å². The fraction of sp³-hybridized carbons (Fsp3) is 0.632. The van der Waals surface area contributed by atoms with E-state index in [4.69, 9.17) is 0 Å². The third-order valence-corrected chi connectivity index (χ3v) is 4.86. The topological polar surface area (TPSA) is 52.6 Å². The Labute approximate surface area is 144 Å². The highest BCUT2D eigenvalue weighted by molar-refractivity contribution is 5.74. The number of aliphatic hydroxyl groups is 1. The number of amides is 2. The number of nitrogens with one attached hydrogen (secondary N) is 1. The van der Waals surface area contributed by atoms with E-state index in [1.807, 2.05) is 30.9 Å². The van der Waals surface area contributed by atoms with E-state index >= 15 is 0 Å². The highest BCUT2D eigenvalue weighted by atomic mass is 19.1. The Balaban J connectivity index is 1.70. The summed E-state index contributed by atoms with van der Waals surface area (Å²) in [4.78, 5) is 14.1. The van der Waals surface area contributed by atoms with Crippen LogP contribution in [0.4, 0.5) is 9.18 Å². The molecule has 2 rings (SSSR count). The number of carbonyl (C=O) groups is 1. The molecule has 1 aromatic rings. The molecule has 1 aliphatic rings. The van der Waals surface area contributed by atoms with Gasteiger partial charge in [-0.1, -0.05) is 26.0 Å². The number of hydrogen-bond acceptors (Lipinski definition) is 2. The van der Waals surface area contributed by atoms with Gasteiger partial charge < -0.3 is 15.3 Å². The molecule has 0 saturated carbocycles. The lowest BCUT2D eigenvalue weighted by molar-refractivity contribution is 0.147. The van der Waals surface area contributed by atoms with E-state index in [0.29, 0.717) is 12.5 Å². The summed E-state index contributed by atoms with van der Waals surface area (Å²) in [5, 5.41) is 12.2. The minimum Gasteiger partial charge on any atom is -0.396 e. The molecule has 0 bridgehead atoms. The van der Waals surface area contributed by atoms with Crippen LogP contribution in [-0.4, -0.2) is 42.3 Å². The third-order valence-electron chi connectivity index (χ3n) is 4.86. The van der Waals surface area contributed by atoms with E-state index in [9.17, 15) is 14.3 Å². The molecule has 0 aliphatic carbocycles. The maximum atomic E-state index is 13.0. The number of halogens is 1. The minimum absolute atomic E-state index is 0.00522. The number of carbonyl (C=O) groups excluding carboxylic acids is 1. The van der Waals surface area contributed by atoms with E-state index in [1.165, 1.54) is 12.1 Å².